The van der Waals surface area contributed by atoms with E-state index in [1.807, 2.05) is 0 Å². The van der Waals surface area contributed by atoms with Crippen molar-refractivity contribution in [1.29, 1.82) is 0 Å². The van der Waals surface area contributed by atoms with Crippen molar-refractivity contribution in [3.05, 3.63) is 29.3 Å². The van der Waals surface area contributed by atoms with Crippen LogP contribution in [0, 0.1) is 0 Å². The third-order valence-electron chi connectivity index (χ3n) is 3.85. The third-order valence-corrected chi connectivity index (χ3v) is 3.85. The number of carbonyl (C=O) groups is 2. The quantitative estimate of drug-likeness (QED) is 0.446. The molecule has 1 aromatic carbocycles. The molecule has 5 atom stereocenters. The molecule has 0 aliphatic carbocycles. The summed E-state index contributed by atoms with van der Waals surface area (Å²) >= 11 is 0. The molecule has 0 saturated carbocycles. The van der Waals surface area contributed by atoms with Crippen molar-refractivity contribution in [3.8, 4) is 5.75 Å². The Kier molecular flexibility index (Phi) is 6.51. The molecule has 1 aromatic rings. The smallest absolute Gasteiger partial charge is 0.338 e. The molecule has 144 valence electrons. The summed E-state index contributed by atoms with van der Waals surface area (Å²) < 4.78 is 19.8. The number of rotatable bonds is 5. The maximum Gasteiger partial charge on any atom is 0.338 e. The van der Waals surface area contributed by atoms with Crippen LogP contribution in [-0.2, 0) is 14.2 Å². The largest absolute Gasteiger partial charge is 0.465 e. The van der Waals surface area contributed by atoms with Gasteiger partial charge in [-0.3, -0.25) is 0 Å². The number of benzene rings is 1. The van der Waals surface area contributed by atoms with Gasteiger partial charge in [0.1, 0.15) is 30.2 Å². The molecule has 0 spiro atoms. The van der Waals surface area contributed by atoms with Gasteiger partial charge in [0, 0.05) is 0 Å². The van der Waals surface area contributed by atoms with Gasteiger partial charge in [0.2, 0.25) is 6.29 Å². The molecule has 1 heterocycles. The number of aliphatic hydroxyl groups excluding tert-OH is 4. The van der Waals surface area contributed by atoms with Crippen molar-refractivity contribution >= 4 is 11.9 Å². The first-order chi connectivity index (χ1) is 12.3. The summed E-state index contributed by atoms with van der Waals surface area (Å²) in [5, 5.41) is 38.8. The van der Waals surface area contributed by atoms with Crippen LogP contribution in [0.25, 0.3) is 0 Å². The molecule has 4 N–H and O–H groups in total. The van der Waals surface area contributed by atoms with Gasteiger partial charge in [-0.2, -0.15) is 0 Å². The van der Waals surface area contributed by atoms with Gasteiger partial charge >= 0.3 is 11.9 Å². The normalized spacial score (nSPS) is 28.3. The summed E-state index contributed by atoms with van der Waals surface area (Å²) in [6.07, 6.45) is -7.45. The predicted octanol–water partition coefficient (Wildman–Crippen LogP) is -1.56. The Labute approximate surface area is 148 Å². The van der Waals surface area contributed by atoms with E-state index < -0.39 is 49.3 Å². The van der Waals surface area contributed by atoms with Crippen LogP contribution in [0.3, 0.4) is 0 Å². The van der Waals surface area contributed by atoms with E-state index in [9.17, 15) is 30.0 Å². The van der Waals surface area contributed by atoms with Gasteiger partial charge in [-0.15, -0.1) is 0 Å². The molecule has 0 aromatic heterocycles. The van der Waals surface area contributed by atoms with E-state index >= 15 is 0 Å². The predicted molar refractivity (Wildman–Crippen MR) is 83.5 cm³/mol. The Morgan fingerprint density at radius 2 is 1.50 bits per heavy atom. The molecule has 1 saturated heterocycles. The van der Waals surface area contributed by atoms with Gasteiger partial charge < -0.3 is 39.4 Å². The van der Waals surface area contributed by atoms with Gasteiger partial charge in [-0.05, 0) is 18.2 Å². The molecule has 0 amide bonds. The molecule has 1 aliphatic heterocycles. The topological polar surface area (TPSA) is 152 Å². The average Bonchev–Trinajstić information content (AvgIpc) is 2.66. The zero-order valence-electron chi connectivity index (χ0n) is 14.1. The lowest BCUT2D eigenvalue weighted by Crippen LogP contribution is -2.60. The van der Waals surface area contributed by atoms with Gasteiger partial charge in [0.25, 0.3) is 0 Å². The zero-order chi connectivity index (χ0) is 19.4. The molecule has 2 rings (SSSR count). The van der Waals surface area contributed by atoms with E-state index in [1.54, 1.807) is 0 Å². The van der Waals surface area contributed by atoms with Gasteiger partial charge in [0.15, 0.2) is 0 Å². The van der Waals surface area contributed by atoms with Crippen molar-refractivity contribution in [1.82, 2.24) is 0 Å². The minimum atomic E-state index is -1.64. The molecule has 10 nitrogen and oxygen atoms in total. The molecule has 1 aliphatic rings. The first-order valence-electron chi connectivity index (χ1n) is 7.61. The number of methoxy groups -OCH3 is 2. The number of carbonyl (C=O) groups excluding carboxylic acids is 2. The second-order valence-corrected chi connectivity index (χ2v) is 5.54. The Hall–Kier alpha value is -2.24. The van der Waals surface area contributed by atoms with Crippen LogP contribution in [0.2, 0.25) is 0 Å². The van der Waals surface area contributed by atoms with E-state index in [1.165, 1.54) is 18.2 Å². The average molecular weight is 372 g/mol. The van der Waals surface area contributed by atoms with Crippen molar-refractivity contribution < 1.29 is 49.0 Å². The minimum Gasteiger partial charge on any atom is -0.465 e. The number of hydrogen-bond acceptors (Lipinski definition) is 10. The fourth-order valence-corrected chi connectivity index (χ4v) is 2.44. The number of esters is 2. The fraction of sp³-hybridized carbons (Fsp3) is 0.500. The number of hydrogen-bond donors (Lipinski definition) is 4. The lowest BCUT2D eigenvalue weighted by atomic mass is 9.99. The molecular formula is C16H20O10. The van der Waals surface area contributed by atoms with Gasteiger partial charge in [-0.25, -0.2) is 9.59 Å². The van der Waals surface area contributed by atoms with Gasteiger partial charge in [0.05, 0.1) is 32.0 Å². The number of aliphatic hydroxyl groups is 4. The van der Waals surface area contributed by atoms with Crippen molar-refractivity contribution in [2.45, 2.75) is 30.7 Å². The lowest BCUT2D eigenvalue weighted by molar-refractivity contribution is -0.277. The van der Waals surface area contributed by atoms with Crippen LogP contribution in [0.1, 0.15) is 20.7 Å². The monoisotopic (exact) mass is 372 g/mol. The molecule has 10 heteroatoms. The second-order valence-electron chi connectivity index (χ2n) is 5.54. The summed E-state index contributed by atoms with van der Waals surface area (Å²) in [6.45, 7) is -0.625. The Morgan fingerprint density at radius 3 is 1.96 bits per heavy atom. The van der Waals surface area contributed by atoms with Crippen LogP contribution in [0.5, 0.6) is 5.75 Å². The Morgan fingerprint density at radius 1 is 0.962 bits per heavy atom. The Balaban J connectivity index is 2.32. The molecule has 26 heavy (non-hydrogen) atoms. The van der Waals surface area contributed by atoms with Crippen molar-refractivity contribution in [2.75, 3.05) is 20.8 Å². The zero-order valence-corrected chi connectivity index (χ0v) is 14.1. The highest BCUT2D eigenvalue weighted by molar-refractivity contribution is 5.96. The Bertz CT molecular complexity index is 624. The molecule has 0 bridgehead atoms. The van der Waals surface area contributed by atoms with Crippen molar-refractivity contribution in [3.63, 3.8) is 0 Å². The first kappa shape index (κ1) is 20.1. The van der Waals surface area contributed by atoms with E-state index in [0.29, 0.717) is 0 Å². The highest BCUT2D eigenvalue weighted by Gasteiger charge is 2.44. The fourth-order valence-electron chi connectivity index (χ4n) is 2.44. The maximum atomic E-state index is 11.8. The third kappa shape index (κ3) is 4.11. The standard InChI is InChI=1S/C16H20O10/c1-23-14(21)7-3-8(15(22)24-2)5-9(4-7)25-16-13(20)12(19)11(18)10(6-17)26-16/h3-5,10-13,16-20H,6H2,1-2H3. The van der Waals surface area contributed by atoms with Crippen LogP contribution in [-0.4, -0.2) is 83.9 Å². The van der Waals surface area contributed by atoms with E-state index in [4.69, 9.17) is 9.47 Å². The van der Waals surface area contributed by atoms with Crippen molar-refractivity contribution in [2.24, 2.45) is 0 Å². The highest BCUT2D eigenvalue weighted by Crippen LogP contribution is 2.26. The van der Waals surface area contributed by atoms with Crippen LogP contribution < -0.4 is 4.74 Å². The van der Waals surface area contributed by atoms with E-state index in [-0.39, 0.29) is 16.9 Å². The maximum absolute atomic E-state index is 11.8. The second kappa shape index (κ2) is 8.43. The molecule has 1 fully saturated rings. The van der Waals surface area contributed by atoms with Crippen LogP contribution in [0.4, 0.5) is 0 Å². The summed E-state index contributed by atoms with van der Waals surface area (Å²) in [5.41, 5.74) is -0.0371. The molecule has 5 unspecified atom stereocenters. The van der Waals surface area contributed by atoms with Crippen LogP contribution >= 0.6 is 0 Å². The summed E-state index contributed by atoms with van der Waals surface area (Å²) in [7, 11) is 2.32. The minimum absolute atomic E-state index is 0.0185. The number of ether oxygens (including phenoxy) is 4. The molecule has 0 radical (unpaired) electrons. The first-order valence-corrected chi connectivity index (χ1v) is 7.61. The lowest BCUT2D eigenvalue weighted by Gasteiger charge is -2.39. The summed E-state index contributed by atoms with van der Waals surface area (Å²) in [6, 6.07) is 3.71. The summed E-state index contributed by atoms with van der Waals surface area (Å²) in [5.74, 6) is -1.54. The van der Waals surface area contributed by atoms with E-state index in [0.717, 1.165) is 14.2 Å². The highest BCUT2D eigenvalue weighted by atomic mass is 16.7. The van der Waals surface area contributed by atoms with E-state index in [2.05, 4.69) is 9.47 Å². The summed E-state index contributed by atoms with van der Waals surface area (Å²) in [4.78, 5) is 23.5. The van der Waals surface area contributed by atoms with Crippen LogP contribution in [0.15, 0.2) is 18.2 Å². The molecular weight excluding hydrogens is 352 g/mol. The SMILES string of the molecule is COC(=O)c1cc(OC2OC(CO)C(O)C(O)C2O)cc(C(=O)OC)c1. The van der Waals surface area contributed by atoms with Gasteiger partial charge in [-0.1, -0.05) is 0 Å².